The van der Waals surface area contributed by atoms with Gasteiger partial charge in [-0.05, 0) is 38.9 Å². The minimum atomic E-state index is 0. The zero-order valence-corrected chi connectivity index (χ0v) is 14.8. The summed E-state index contributed by atoms with van der Waals surface area (Å²) in [6.07, 6.45) is 3.46. The van der Waals surface area contributed by atoms with Crippen LogP contribution < -0.4 is 10.1 Å². The van der Waals surface area contributed by atoms with E-state index in [0.29, 0.717) is 11.9 Å². The molecule has 1 aromatic heterocycles. The van der Waals surface area contributed by atoms with E-state index in [4.69, 9.17) is 9.26 Å². The molecule has 23 heavy (non-hydrogen) atoms. The zero-order valence-electron chi connectivity index (χ0n) is 14.0. The summed E-state index contributed by atoms with van der Waals surface area (Å²) < 4.78 is 10.6. The number of para-hydroxylation sites is 1. The first kappa shape index (κ1) is 19.2. The van der Waals surface area contributed by atoms with Gasteiger partial charge in [0.15, 0.2) is 5.82 Å². The summed E-state index contributed by atoms with van der Waals surface area (Å²) in [6.45, 7) is 4.13. The van der Waals surface area contributed by atoms with E-state index in [1.165, 1.54) is 0 Å². The normalized spacial score (nSPS) is 12.6. The smallest absolute Gasteiger partial charge is 0.250 e. The molecule has 2 rings (SSSR count). The van der Waals surface area contributed by atoms with Crippen LogP contribution in [0.1, 0.15) is 31.1 Å². The highest BCUT2D eigenvalue weighted by Gasteiger charge is 2.09. The summed E-state index contributed by atoms with van der Waals surface area (Å²) in [5.41, 5.74) is 2.28. The molecule has 1 aromatic carbocycles. The van der Waals surface area contributed by atoms with Crippen molar-refractivity contribution >= 4 is 18.5 Å². The van der Waals surface area contributed by atoms with Crippen molar-refractivity contribution in [2.24, 2.45) is 0 Å². The molecule has 0 amide bonds. The van der Waals surface area contributed by atoms with Crippen LogP contribution >= 0.6 is 12.4 Å². The van der Waals surface area contributed by atoms with E-state index in [2.05, 4.69) is 28.4 Å². The van der Waals surface area contributed by atoms with Gasteiger partial charge >= 0.3 is 0 Å². The maximum atomic E-state index is 5.37. The Morgan fingerprint density at radius 2 is 2.13 bits per heavy atom. The Balaban J connectivity index is 0.00000264. The van der Waals surface area contributed by atoms with E-state index in [-0.39, 0.29) is 12.4 Å². The number of nitrogens with one attached hydrogen (secondary N) is 1. The van der Waals surface area contributed by atoms with Gasteiger partial charge in [-0.1, -0.05) is 28.9 Å². The van der Waals surface area contributed by atoms with E-state index >= 15 is 0 Å². The van der Waals surface area contributed by atoms with E-state index in [1.807, 2.05) is 38.2 Å². The van der Waals surface area contributed by atoms with E-state index < -0.39 is 0 Å². The van der Waals surface area contributed by atoms with Crippen LogP contribution in [0, 0.1) is 0 Å². The Hall–Kier alpha value is -1.85. The molecule has 0 radical (unpaired) electrons. The Morgan fingerprint density at radius 1 is 1.39 bits per heavy atom. The number of hydrogen-bond acceptors (Lipinski definition) is 5. The highest BCUT2D eigenvalue weighted by Crippen LogP contribution is 2.21. The molecule has 0 aliphatic heterocycles. The van der Waals surface area contributed by atoms with Crippen molar-refractivity contribution < 1.29 is 9.26 Å². The molecule has 1 atom stereocenters. The second-order valence-corrected chi connectivity index (χ2v) is 5.42. The third-order valence-corrected chi connectivity index (χ3v) is 3.50. The van der Waals surface area contributed by atoms with Crippen molar-refractivity contribution in [1.82, 2.24) is 15.5 Å². The average molecular weight is 338 g/mol. The lowest BCUT2D eigenvalue weighted by molar-refractivity contribution is 0.399. The Kier molecular flexibility index (Phi) is 7.78. The Bertz CT molecular complexity index is 640. The molecule has 0 spiro atoms. The fourth-order valence-electron chi connectivity index (χ4n) is 2.20. The second kappa shape index (κ2) is 9.33. The fourth-order valence-corrected chi connectivity index (χ4v) is 2.20. The summed E-state index contributed by atoms with van der Waals surface area (Å²) in [7, 11) is 3.61. The quantitative estimate of drug-likeness (QED) is 0.840. The molecule has 1 N–H and O–H groups in total. The molecule has 2 aromatic rings. The van der Waals surface area contributed by atoms with Crippen molar-refractivity contribution in [1.29, 1.82) is 0 Å². The molecule has 1 heterocycles. The van der Waals surface area contributed by atoms with Crippen LogP contribution in [0.3, 0.4) is 0 Å². The largest absolute Gasteiger partial charge is 0.496 e. The number of rotatable bonds is 7. The monoisotopic (exact) mass is 337 g/mol. The third kappa shape index (κ3) is 5.69. The summed E-state index contributed by atoms with van der Waals surface area (Å²) in [5, 5.41) is 7.16. The lowest BCUT2D eigenvalue weighted by Gasteiger charge is -2.07. The van der Waals surface area contributed by atoms with Gasteiger partial charge in [-0.2, -0.15) is 4.98 Å². The number of benzene rings is 1. The van der Waals surface area contributed by atoms with E-state index in [9.17, 15) is 0 Å². The molecule has 1 unspecified atom stereocenters. The molecule has 5 nitrogen and oxygen atoms in total. The first-order valence-electron chi connectivity index (χ1n) is 7.41. The molecular formula is C17H24ClN3O2. The number of aromatic nitrogens is 2. The van der Waals surface area contributed by atoms with Crippen LogP contribution in [-0.2, 0) is 12.8 Å². The number of halogens is 1. The van der Waals surface area contributed by atoms with Crippen molar-refractivity contribution in [3.8, 4) is 5.75 Å². The van der Waals surface area contributed by atoms with Crippen LogP contribution in [0.2, 0.25) is 0 Å². The third-order valence-electron chi connectivity index (χ3n) is 3.50. The lowest BCUT2D eigenvalue weighted by Crippen LogP contribution is -2.24. The Labute approximate surface area is 143 Å². The summed E-state index contributed by atoms with van der Waals surface area (Å²) in [5.74, 6) is 2.16. The van der Waals surface area contributed by atoms with E-state index in [1.54, 1.807) is 7.11 Å². The summed E-state index contributed by atoms with van der Waals surface area (Å²) in [4.78, 5) is 4.40. The fraction of sp³-hybridized carbons (Fsp3) is 0.412. The van der Waals surface area contributed by atoms with Gasteiger partial charge in [0.1, 0.15) is 5.75 Å². The van der Waals surface area contributed by atoms with Crippen LogP contribution in [0.5, 0.6) is 5.75 Å². The van der Waals surface area contributed by atoms with Crippen LogP contribution in [0.15, 0.2) is 34.4 Å². The molecule has 126 valence electrons. The summed E-state index contributed by atoms with van der Waals surface area (Å²) in [6, 6.07) is 8.32. The number of methoxy groups -OCH3 is 1. The minimum absolute atomic E-state index is 0. The van der Waals surface area contributed by atoms with Crippen LogP contribution in [-0.4, -0.2) is 30.3 Å². The van der Waals surface area contributed by atoms with Crippen molar-refractivity contribution in [2.75, 3.05) is 14.2 Å². The number of hydrogen-bond donors (Lipinski definition) is 1. The lowest BCUT2D eigenvalue weighted by atomic mass is 10.1. The highest BCUT2D eigenvalue weighted by atomic mass is 35.5. The van der Waals surface area contributed by atoms with Gasteiger partial charge in [0.2, 0.25) is 0 Å². The molecule has 0 fully saturated rings. The predicted octanol–water partition coefficient (Wildman–Crippen LogP) is 3.30. The predicted molar refractivity (Wildman–Crippen MR) is 94.1 cm³/mol. The van der Waals surface area contributed by atoms with Crippen molar-refractivity contribution in [3.05, 3.63) is 47.1 Å². The zero-order chi connectivity index (χ0) is 15.9. The molecule has 0 bridgehead atoms. The number of nitrogens with zero attached hydrogens (tertiary/aromatic N) is 2. The number of allylic oxidation sites excluding steroid dienone is 1. The van der Waals surface area contributed by atoms with Gasteiger partial charge in [-0.15, -0.1) is 12.4 Å². The van der Waals surface area contributed by atoms with Gasteiger partial charge in [0.25, 0.3) is 5.89 Å². The molecule has 6 heteroatoms. The molecule has 0 saturated carbocycles. The average Bonchev–Trinajstić information content (AvgIpc) is 2.94. The topological polar surface area (TPSA) is 60.2 Å². The standard InChI is InChI=1S/C17H23N3O2.ClH/c1-12(9-14-7-5-6-8-15(14)21-4)10-17-19-16(20-22-17)11-13(2)18-3;/h5-8,10,13,18H,9,11H2,1-4H3;1H/b12-10-;. The molecule has 0 aliphatic rings. The van der Waals surface area contributed by atoms with Crippen LogP contribution in [0.25, 0.3) is 6.08 Å². The first-order valence-corrected chi connectivity index (χ1v) is 7.41. The van der Waals surface area contributed by atoms with Crippen molar-refractivity contribution in [2.45, 2.75) is 32.7 Å². The molecule has 0 saturated heterocycles. The maximum absolute atomic E-state index is 5.37. The highest BCUT2D eigenvalue weighted by molar-refractivity contribution is 5.85. The Morgan fingerprint density at radius 3 is 2.83 bits per heavy atom. The SMILES string of the molecule is CNC(C)Cc1noc(/C=C(/C)Cc2ccccc2OC)n1.Cl. The van der Waals surface area contributed by atoms with Crippen LogP contribution in [0.4, 0.5) is 0 Å². The minimum Gasteiger partial charge on any atom is -0.496 e. The molecular weight excluding hydrogens is 314 g/mol. The van der Waals surface area contributed by atoms with E-state index in [0.717, 1.165) is 35.6 Å². The maximum Gasteiger partial charge on any atom is 0.250 e. The second-order valence-electron chi connectivity index (χ2n) is 5.42. The van der Waals surface area contributed by atoms with Gasteiger partial charge in [0, 0.05) is 18.5 Å². The van der Waals surface area contributed by atoms with Gasteiger partial charge in [-0.3, -0.25) is 0 Å². The molecule has 0 aliphatic carbocycles. The summed E-state index contributed by atoms with van der Waals surface area (Å²) >= 11 is 0. The number of likely N-dealkylation sites (N-methyl/N-ethyl adjacent to an activating group) is 1. The first-order chi connectivity index (χ1) is 10.6. The van der Waals surface area contributed by atoms with Gasteiger partial charge in [0.05, 0.1) is 7.11 Å². The number of ether oxygens (including phenoxy) is 1. The van der Waals surface area contributed by atoms with Gasteiger partial charge < -0.3 is 14.6 Å². The van der Waals surface area contributed by atoms with Crippen molar-refractivity contribution in [3.63, 3.8) is 0 Å². The van der Waals surface area contributed by atoms with Gasteiger partial charge in [-0.25, -0.2) is 0 Å².